The van der Waals surface area contributed by atoms with Gasteiger partial charge in [0.25, 0.3) is 0 Å². The fourth-order valence-corrected chi connectivity index (χ4v) is 10.5. The van der Waals surface area contributed by atoms with Crippen molar-refractivity contribution in [1.29, 1.82) is 0 Å². The highest BCUT2D eigenvalue weighted by Gasteiger charge is 2.31. The van der Waals surface area contributed by atoms with Gasteiger partial charge in [-0.2, -0.15) is 0 Å². The summed E-state index contributed by atoms with van der Waals surface area (Å²) in [6, 6.07) is 50.2. The van der Waals surface area contributed by atoms with E-state index in [1.165, 1.54) is 22.3 Å². The van der Waals surface area contributed by atoms with Gasteiger partial charge in [0.2, 0.25) is 0 Å². The zero-order valence-electron chi connectivity index (χ0n) is 53.7. The molecular weight excluding hydrogens is 1590 g/mol. The fraction of sp³-hybridized carbons (Fsp3) is 0.449. The largest absolute Gasteiger partial charge is 0.444 e. The van der Waals surface area contributed by atoms with Crippen molar-refractivity contribution in [2.75, 3.05) is 98.0 Å². The molecule has 21 heteroatoms. The second kappa shape index (κ2) is 43.4. The molecule has 90 heavy (non-hydrogen) atoms. The quantitative estimate of drug-likeness (QED) is 0.0866. The molecule has 3 saturated heterocycles. The van der Waals surface area contributed by atoms with Crippen LogP contribution in [0.5, 0.6) is 0 Å². The fourth-order valence-electron chi connectivity index (χ4n) is 8.89. The van der Waals surface area contributed by atoms with Crippen LogP contribution in [-0.4, -0.2) is 154 Å². The van der Waals surface area contributed by atoms with Crippen LogP contribution >= 0.6 is 119 Å². The van der Waals surface area contributed by atoms with Crippen LogP contribution in [0.15, 0.2) is 172 Å². The molecule has 0 aromatic heterocycles. The number of aliphatic hydroxyl groups excluding tert-OH is 1. The van der Waals surface area contributed by atoms with Gasteiger partial charge < -0.3 is 40.3 Å². The van der Waals surface area contributed by atoms with Crippen LogP contribution in [0.1, 0.15) is 101 Å². The lowest BCUT2D eigenvalue weighted by molar-refractivity contribution is 0.0118. The number of piperazine rings is 3. The lowest BCUT2D eigenvalue weighted by Crippen LogP contribution is -2.51. The number of rotatable bonds is 8. The Morgan fingerprint density at radius 1 is 0.456 bits per heavy atom. The molecule has 3 heterocycles. The molecule has 12 nitrogen and oxygen atoms in total. The third kappa shape index (κ3) is 34.1. The van der Waals surface area contributed by atoms with Crippen LogP contribution in [0.25, 0.3) is 0 Å². The number of nitrogens with zero attached hydrogens (tertiary/aromatic N) is 4. The van der Waals surface area contributed by atoms with Crippen molar-refractivity contribution in [3.05, 3.63) is 206 Å². The minimum atomic E-state index is -0.611. The normalized spacial score (nSPS) is 14.4. The number of benzene rings is 6. The average Bonchev–Trinajstić information content (AvgIpc) is 1.28. The number of ether oxygens (including phenoxy) is 2. The molecular formula is C69H97Br6Cl2N7O5Si. The van der Waals surface area contributed by atoms with Crippen molar-refractivity contribution in [3.8, 4) is 0 Å². The van der Waals surface area contributed by atoms with E-state index in [9.17, 15) is 14.7 Å². The SMILES string of the molecule is Brc1ccc(C(c2ccc(Br)cc2)N2CCNCC2)cc1.C.CC(C)(C)OC(=O)N1CCN(C(c2ccc(Br)cc2)c2ccc(Br)cc2)CC1.CC(C)(C)OC(=O)N1CCNCC1.CNC.C[Si](C)(C)C.ClCCl.OC(c1ccc(Br)cc1)c1ccc(Br)cc1. The maximum absolute atomic E-state index is 12.4. The molecule has 0 spiro atoms. The van der Waals surface area contributed by atoms with Crippen molar-refractivity contribution >= 4 is 139 Å². The molecule has 0 atom stereocenters. The third-order valence-corrected chi connectivity index (χ3v) is 15.9. The molecule has 3 aliphatic rings. The van der Waals surface area contributed by atoms with Gasteiger partial charge in [-0.1, -0.05) is 202 Å². The van der Waals surface area contributed by atoms with Gasteiger partial charge in [0.05, 0.1) is 17.4 Å². The molecule has 3 fully saturated rings. The van der Waals surface area contributed by atoms with Gasteiger partial charge >= 0.3 is 12.2 Å². The van der Waals surface area contributed by atoms with E-state index in [0.717, 1.165) is 103 Å². The summed E-state index contributed by atoms with van der Waals surface area (Å²) >= 11 is 30.4. The Morgan fingerprint density at radius 3 is 0.889 bits per heavy atom. The zero-order valence-corrected chi connectivity index (χ0v) is 65.7. The Kier molecular flexibility index (Phi) is 40.2. The molecule has 0 saturated carbocycles. The number of alkyl halides is 2. The third-order valence-electron chi connectivity index (χ3n) is 12.7. The standard InChI is InChI=1S/C22H26Br2N2O2.C17H18Br2N2.C13H10Br2O.C9H18N2O2.C4H12Si.C2H7N.CH2Cl2.CH4/c1-22(2,3)28-21(27)26-14-12-25(13-15-26)20(16-4-8-18(23)9-5-16)17-6-10-19(24)11-7-17;18-15-5-1-13(2-6-15)17(21-11-9-20-10-12-21)14-3-7-16(19)8-4-14;14-11-5-1-9(2-6-11)13(16)10-3-7-12(15)8-4-10;1-9(2,3)13-8(12)11-6-4-10-5-7-11;1-5(2,3)4;1-3-2;2-1-3;/h4-11,20H,12-15H2,1-3H3;1-8,17,20H,9-12H2;1-8,13,16H;10H,4-7H2,1-3H3;1-4H3;3H,1-2H3;1H2;1H4. The number of hydrogen-bond acceptors (Lipinski definition) is 10. The monoisotopic (exact) mass is 1680 g/mol. The van der Waals surface area contributed by atoms with Crippen LogP contribution in [0.3, 0.4) is 0 Å². The van der Waals surface area contributed by atoms with Crippen molar-refractivity contribution < 1.29 is 24.2 Å². The first kappa shape index (κ1) is 83.4. The van der Waals surface area contributed by atoms with Gasteiger partial charge in [-0.05, 0) is 162 Å². The average molecular weight is 1680 g/mol. The number of carbonyl (C=O) groups excluding carboxylic acids is 2. The van der Waals surface area contributed by atoms with Crippen LogP contribution in [0.2, 0.25) is 26.2 Å². The second-order valence-corrected chi connectivity index (χ2v) is 36.9. The number of amides is 2. The second-order valence-electron chi connectivity index (χ2n) is 24.6. The summed E-state index contributed by atoms with van der Waals surface area (Å²) in [5, 5.41) is 19.7. The molecule has 0 unspecified atom stereocenters. The highest BCUT2D eigenvalue weighted by atomic mass is 79.9. The van der Waals surface area contributed by atoms with Crippen LogP contribution < -0.4 is 16.0 Å². The van der Waals surface area contributed by atoms with E-state index >= 15 is 0 Å². The molecule has 0 radical (unpaired) electrons. The summed E-state index contributed by atoms with van der Waals surface area (Å²) in [6.45, 7) is 31.1. The van der Waals surface area contributed by atoms with Gasteiger partial charge in [-0.3, -0.25) is 9.80 Å². The van der Waals surface area contributed by atoms with E-state index in [1.807, 2.05) is 109 Å². The molecule has 498 valence electrons. The predicted molar refractivity (Wildman–Crippen MR) is 405 cm³/mol. The summed E-state index contributed by atoms with van der Waals surface area (Å²) in [5.41, 5.74) is 6.13. The summed E-state index contributed by atoms with van der Waals surface area (Å²) in [4.78, 5) is 32.4. The Balaban J connectivity index is 0.000000397. The number of carbonyl (C=O) groups is 2. The van der Waals surface area contributed by atoms with Gasteiger partial charge in [0.15, 0.2) is 0 Å². The van der Waals surface area contributed by atoms with Crippen LogP contribution in [0.4, 0.5) is 9.59 Å². The van der Waals surface area contributed by atoms with E-state index in [-0.39, 0.29) is 36.6 Å². The van der Waals surface area contributed by atoms with Gasteiger partial charge in [0.1, 0.15) is 17.3 Å². The van der Waals surface area contributed by atoms with Crippen molar-refractivity contribution in [3.63, 3.8) is 0 Å². The number of hydrogen-bond donors (Lipinski definition) is 4. The first-order valence-electron chi connectivity index (χ1n) is 29.7. The highest BCUT2D eigenvalue weighted by Crippen LogP contribution is 2.33. The van der Waals surface area contributed by atoms with E-state index < -0.39 is 19.8 Å². The number of halogens is 8. The maximum atomic E-state index is 12.4. The Bertz CT molecular complexity index is 2760. The Morgan fingerprint density at radius 2 is 0.656 bits per heavy atom. The summed E-state index contributed by atoms with van der Waals surface area (Å²) in [6.07, 6.45) is -0.994. The number of aliphatic hydroxyl groups is 1. The zero-order chi connectivity index (χ0) is 66.3. The van der Waals surface area contributed by atoms with Gasteiger partial charge in [-0.15, -0.1) is 23.2 Å². The summed E-state index contributed by atoms with van der Waals surface area (Å²) in [7, 11) is 3.14. The van der Waals surface area contributed by atoms with Crippen LogP contribution in [0, 0.1) is 0 Å². The molecule has 3 aliphatic heterocycles. The van der Waals surface area contributed by atoms with Gasteiger partial charge in [0, 0.05) is 113 Å². The Hall–Kier alpha value is -2.70. The smallest absolute Gasteiger partial charge is 0.410 e. The minimum absolute atomic E-state index is 0. The summed E-state index contributed by atoms with van der Waals surface area (Å²) < 4.78 is 17.2. The predicted octanol–water partition coefficient (Wildman–Crippen LogP) is 19.0. The molecule has 2 amide bonds. The van der Waals surface area contributed by atoms with E-state index in [0.29, 0.717) is 19.1 Å². The van der Waals surface area contributed by atoms with E-state index in [2.05, 4.69) is 245 Å². The van der Waals surface area contributed by atoms with Crippen molar-refractivity contribution in [2.24, 2.45) is 0 Å². The lowest BCUT2D eigenvalue weighted by Gasteiger charge is -2.40. The van der Waals surface area contributed by atoms with E-state index in [4.69, 9.17) is 32.7 Å². The molecule has 6 aromatic carbocycles. The first-order valence-corrected chi connectivity index (χ1v) is 39.5. The topological polar surface area (TPSA) is 122 Å². The van der Waals surface area contributed by atoms with Gasteiger partial charge in [-0.25, -0.2) is 9.59 Å². The van der Waals surface area contributed by atoms with Crippen molar-refractivity contribution in [2.45, 2.75) is 105 Å². The maximum Gasteiger partial charge on any atom is 0.410 e. The molecule has 0 aliphatic carbocycles. The molecule has 0 bridgehead atoms. The highest BCUT2D eigenvalue weighted by molar-refractivity contribution is 9.11. The molecule has 9 rings (SSSR count). The Labute approximate surface area is 601 Å². The van der Waals surface area contributed by atoms with Crippen molar-refractivity contribution in [1.82, 2.24) is 35.6 Å². The minimum Gasteiger partial charge on any atom is -0.444 e. The molecule has 4 N–H and O–H groups in total. The number of nitrogens with one attached hydrogen (secondary N) is 3. The van der Waals surface area contributed by atoms with E-state index in [1.54, 1.807) is 4.90 Å². The molecule has 6 aromatic rings. The first-order chi connectivity index (χ1) is 41.9. The summed E-state index contributed by atoms with van der Waals surface area (Å²) in [5.74, 6) is 0. The lowest BCUT2D eigenvalue weighted by atomic mass is 9.96. The van der Waals surface area contributed by atoms with Crippen LogP contribution in [-0.2, 0) is 9.47 Å².